The van der Waals surface area contributed by atoms with Crippen LogP contribution in [0.4, 0.5) is 0 Å². The minimum atomic E-state index is 0.490. The Morgan fingerprint density at radius 2 is 2.17 bits per heavy atom. The van der Waals surface area contributed by atoms with Crippen molar-refractivity contribution in [3.8, 4) is 6.07 Å². The molecule has 5 heteroatoms. The quantitative estimate of drug-likeness (QED) is 0.810. The molecule has 0 N–H and O–H groups in total. The van der Waals surface area contributed by atoms with Crippen LogP contribution in [0, 0.1) is 11.3 Å². The molecule has 0 aromatic carbocycles. The van der Waals surface area contributed by atoms with Crippen molar-refractivity contribution in [3.05, 3.63) is 47.8 Å². The van der Waals surface area contributed by atoms with E-state index >= 15 is 0 Å². The van der Waals surface area contributed by atoms with Gasteiger partial charge < -0.3 is 4.57 Å². The summed E-state index contributed by atoms with van der Waals surface area (Å²) in [5, 5.41) is 8.98. The minimum Gasteiger partial charge on any atom is -0.337 e. The second-order valence-electron chi connectivity index (χ2n) is 4.25. The summed E-state index contributed by atoms with van der Waals surface area (Å²) in [6, 6.07) is 5.90. The summed E-state index contributed by atoms with van der Waals surface area (Å²) < 4.78 is 1.99. The molecule has 0 saturated carbocycles. The van der Waals surface area contributed by atoms with Crippen molar-refractivity contribution >= 4 is 0 Å². The van der Waals surface area contributed by atoms with E-state index in [0.29, 0.717) is 12.2 Å². The third-order valence-corrected chi connectivity index (χ3v) is 2.77. The lowest BCUT2D eigenvalue weighted by atomic mass is 10.2. The van der Waals surface area contributed by atoms with Crippen LogP contribution < -0.4 is 0 Å². The Kier molecular flexibility index (Phi) is 3.70. The van der Waals surface area contributed by atoms with Crippen LogP contribution in [0.3, 0.4) is 0 Å². The molecule has 92 valence electrons. The molecule has 0 spiro atoms. The molecule has 2 aromatic heterocycles. The Morgan fingerprint density at radius 1 is 1.33 bits per heavy atom. The van der Waals surface area contributed by atoms with Crippen LogP contribution >= 0.6 is 0 Å². The highest BCUT2D eigenvalue weighted by molar-refractivity contribution is 5.30. The molecule has 0 unspecified atom stereocenters. The average molecular weight is 241 g/mol. The van der Waals surface area contributed by atoms with E-state index in [0.717, 1.165) is 17.9 Å². The van der Waals surface area contributed by atoms with Crippen molar-refractivity contribution in [2.75, 3.05) is 7.05 Å². The van der Waals surface area contributed by atoms with Gasteiger partial charge in [-0.25, -0.2) is 9.97 Å². The first kappa shape index (κ1) is 12.3. The number of pyridine rings is 1. The second kappa shape index (κ2) is 5.43. The van der Waals surface area contributed by atoms with Gasteiger partial charge in [-0.3, -0.25) is 4.90 Å². The van der Waals surface area contributed by atoms with Gasteiger partial charge in [0.1, 0.15) is 17.6 Å². The molecule has 0 aliphatic carbocycles. The topological polar surface area (TPSA) is 57.7 Å². The van der Waals surface area contributed by atoms with Crippen LogP contribution in [0.2, 0.25) is 0 Å². The summed E-state index contributed by atoms with van der Waals surface area (Å²) in [6.07, 6.45) is 5.35. The minimum absolute atomic E-state index is 0.490. The standard InChI is InChI=1S/C13H15N5/c1-17(10-13-16-6-7-18(13)2)9-11-4-3-5-15-12(11)8-14/h3-7H,9-10H2,1-2H3. The SMILES string of the molecule is CN(Cc1cccnc1C#N)Cc1nccn1C. The van der Waals surface area contributed by atoms with Crippen molar-refractivity contribution in [1.29, 1.82) is 5.26 Å². The normalized spacial score (nSPS) is 10.6. The number of hydrogen-bond acceptors (Lipinski definition) is 4. The zero-order chi connectivity index (χ0) is 13.0. The maximum Gasteiger partial charge on any atom is 0.144 e. The van der Waals surface area contributed by atoms with Gasteiger partial charge in [0, 0.05) is 37.7 Å². The van der Waals surface area contributed by atoms with Crippen molar-refractivity contribution in [3.63, 3.8) is 0 Å². The van der Waals surface area contributed by atoms with Gasteiger partial charge in [0.25, 0.3) is 0 Å². The lowest BCUT2D eigenvalue weighted by molar-refractivity contribution is 0.306. The molecule has 0 saturated heterocycles. The van der Waals surface area contributed by atoms with Crippen LogP contribution in [0.15, 0.2) is 30.7 Å². The number of nitrogens with zero attached hydrogens (tertiary/aromatic N) is 5. The predicted molar refractivity (Wildman–Crippen MR) is 67.3 cm³/mol. The van der Waals surface area contributed by atoms with E-state index in [1.165, 1.54) is 0 Å². The van der Waals surface area contributed by atoms with Crippen LogP contribution in [0.25, 0.3) is 0 Å². The largest absolute Gasteiger partial charge is 0.337 e. The number of aromatic nitrogens is 3. The van der Waals surface area contributed by atoms with Gasteiger partial charge in [-0.2, -0.15) is 5.26 Å². The summed E-state index contributed by atoms with van der Waals surface area (Å²) in [5.41, 5.74) is 1.43. The molecule has 0 bridgehead atoms. The van der Waals surface area contributed by atoms with Crippen molar-refractivity contribution in [2.45, 2.75) is 13.1 Å². The molecule has 0 fully saturated rings. The van der Waals surface area contributed by atoms with E-state index in [4.69, 9.17) is 5.26 Å². The molecule has 2 aromatic rings. The number of hydrogen-bond donors (Lipinski definition) is 0. The summed E-state index contributed by atoms with van der Waals surface area (Å²) in [5.74, 6) is 1.000. The number of aryl methyl sites for hydroxylation is 1. The first-order chi connectivity index (χ1) is 8.70. The lowest BCUT2D eigenvalue weighted by Crippen LogP contribution is -2.20. The van der Waals surface area contributed by atoms with Crippen molar-refractivity contribution < 1.29 is 0 Å². The zero-order valence-corrected chi connectivity index (χ0v) is 10.5. The van der Waals surface area contributed by atoms with Gasteiger partial charge in [-0.15, -0.1) is 0 Å². The van der Waals surface area contributed by atoms with Gasteiger partial charge in [0.2, 0.25) is 0 Å². The molecular weight excluding hydrogens is 226 g/mol. The van der Waals surface area contributed by atoms with Gasteiger partial charge in [0.15, 0.2) is 0 Å². The molecule has 5 nitrogen and oxygen atoms in total. The van der Waals surface area contributed by atoms with Crippen LogP contribution in [0.1, 0.15) is 17.1 Å². The summed E-state index contributed by atoms with van der Waals surface area (Å²) in [6.45, 7) is 1.42. The Hall–Kier alpha value is -2.19. The average Bonchev–Trinajstić information content (AvgIpc) is 2.75. The first-order valence-corrected chi connectivity index (χ1v) is 5.69. The number of nitriles is 1. The highest BCUT2D eigenvalue weighted by Gasteiger charge is 2.08. The fraction of sp³-hybridized carbons (Fsp3) is 0.308. The van der Waals surface area contributed by atoms with Crippen LogP contribution in [0.5, 0.6) is 0 Å². The molecule has 2 heterocycles. The fourth-order valence-corrected chi connectivity index (χ4v) is 1.80. The summed E-state index contributed by atoms with van der Waals surface area (Å²) in [7, 11) is 3.98. The van der Waals surface area contributed by atoms with Crippen LogP contribution in [-0.4, -0.2) is 26.5 Å². The highest BCUT2D eigenvalue weighted by atomic mass is 15.1. The molecular formula is C13H15N5. The smallest absolute Gasteiger partial charge is 0.144 e. The van der Waals surface area contributed by atoms with Gasteiger partial charge >= 0.3 is 0 Å². The van der Waals surface area contributed by atoms with E-state index in [2.05, 4.69) is 20.9 Å². The van der Waals surface area contributed by atoms with Gasteiger partial charge in [0.05, 0.1) is 6.54 Å². The lowest BCUT2D eigenvalue weighted by Gasteiger charge is -2.16. The van der Waals surface area contributed by atoms with Gasteiger partial charge in [-0.05, 0) is 13.1 Å². The summed E-state index contributed by atoms with van der Waals surface area (Å²) >= 11 is 0. The van der Waals surface area contributed by atoms with E-state index in [1.807, 2.05) is 37.0 Å². The Labute approximate surface area is 106 Å². The third kappa shape index (κ3) is 2.73. The third-order valence-electron chi connectivity index (χ3n) is 2.77. The van der Waals surface area contributed by atoms with E-state index in [1.54, 1.807) is 12.4 Å². The highest BCUT2D eigenvalue weighted by Crippen LogP contribution is 2.09. The molecule has 0 radical (unpaired) electrons. The molecule has 18 heavy (non-hydrogen) atoms. The predicted octanol–water partition coefficient (Wildman–Crippen LogP) is 1.32. The summed E-state index contributed by atoms with van der Waals surface area (Å²) in [4.78, 5) is 10.4. The Balaban J connectivity index is 2.06. The molecule has 0 aliphatic heterocycles. The first-order valence-electron chi connectivity index (χ1n) is 5.69. The number of rotatable bonds is 4. The monoisotopic (exact) mass is 241 g/mol. The Bertz CT molecular complexity index is 567. The molecule has 2 rings (SSSR count). The molecule has 0 aliphatic rings. The van der Waals surface area contributed by atoms with E-state index in [-0.39, 0.29) is 0 Å². The van der Waals surface area contributed by atoms with Crippen molar-refractivity contribution in [1.82, 2.24) is 19.4 Å². The maximum atomic E-state index is 8.98. The van der Waals surface area contributed by atoms with E-state index < -0.39 is 0 Å². The van der Waals surface area contributed by atoms with Gasteiger partial charge in [-0.1, -0.05) is 6.07 Å². The van der Waals surface area contributed by atoms with Crippen molar-refractivity contribution in [2.24, 2.45) is 7.05 Å². The molecule has 0 amide bonds. The number of imidazole rings is 1. The van der Waals surface area contributed by atoms with Crippen LogP contribution in [-0.2, 0) is 20.1 Å². The zero-order valence-electron chi connectivity index (χ0n) is 10.5. The maximum absolute atomic E-state index is 8.98. The fourth-order valence-electron chi connectivity index (χ4n) is 1.80. The van der Waals surface area contributed by atoms with E-state index in [9.17, 15) is 0 Å². The Morgan fingerprint density at radius 3 is 2.83 bits per heavy atom. The second-order valence-corrected chi connectivity index (χ2v) is 4.25. The molecule has 0 atom stereocenters.